The average molecular weight is 266 g/mol. The molecule has 0 saturated carbocycles. The Hall–Kier alpha value is -2.45. The number of aryl methyl sites for hydroxylation is 1. The fraction of sp³-hybridized carbons (Fsp3) is 0.500. The van der Waals surface area contributed by atoms with Crippen molar-refractivity contribution in [1.82, 2.24) is 30.0 Å². The molecule has 0 radical (unpaired) electrons. The molecular weight excluding hydrogens is 252 g/mol. The molecule has 2 aromatic heterocycles. The maximum absolute atomic E-state index is 11.3. The smallest absolute Gasteiger partial charge is 0.331 e. The number of rotatable bonds is 4. The number of hydrogen-bond acceptors (Lipinski definition) is 6. The van der Waals surface area contributed by atoms with Gasteiger partial charge in [-0.2, -0.15) is 5.10 Å². The van der Waals surface area contributed by atoms with Crippen LogP contribution >= 0.6 is 0 Å². The first-order valence-electron chi connectivity index (χ1n) is 5.48. The molecule has 0 aliphatic carbocycles. The van der Waals surface area contributed by atoms with Crippen molar-refractivity contribution in [2.45, 2.75) is 19.4 Å². The van der Waals surface area contributed by atoms with Crippen LogP contribution in [-0.2, 0) is 17.4 Å². The second kappa shape index (κ2) is 4.34. The van der Waals surface area contributed by atoms with E-state index >= 15 is 0 Å². The van der Waals surface area contributed by atoms with Crippen LogP contribution in [0.4, 0.5) is 0 Å². The molecule has 0 aliphatic heterocycles. The van der Waals surface area contributed by atoms with Gasteiger partial charge < -0.3 is 9.84 Å². The lowest BCUT2D eigenvalue weighted by molar-refractivity contribution is -0.146. The van der Waals surface area contributed by atoms with Crippen molar-refractivity contribution >= 4 is 5.97 Å². The maximum Gasteiger partial charge on any atom is 0.331 e. The average Bonchev–Trinajstić information content (AvgIpc) is 2.94. The molecule has 0 aliphatic rings. The van der Waals surface area contributed by atoms with Gasteiger partial charge in [-0.3, -0.25) is 0 Å². The molecule has 0 saturated heterocycles. The Bertz CT molecular complexity index is 615. The molecule has 0 spiro atoms. The van der Waals surface area contributed by atoms with Crippen molar-refractivity contribution in [1.29, 1.82) is 0 Å². The van der Waals surface area contributed by atoms with Crippen molar-refractivity contribution in [2.24, 2.45) is 7.05 Å². The molecule has 0 fully saturated rings. The van der Waals surface area contributed by atoms with E-state index in [2.05, 4.69) is 20.6 Å². The number of tetrazole rings is 1. The molecule has 19 heavy (non-hydrogen) atoms. The van der Waals surface area contributed by atoms with Gasteiger partial charge in [-0.05, 0) is 24.3 Å². The topological polar surface area (TPSA) is 108 Å². The van der Waals surface area contributed by atoms with Gasteiger partial charge in [0.2, 0.25) is 11.7 Å². The predicted octanol–water partition coefficient (Wildman–Crippen LogP) is -0.0981. The second-order valence-electron chi connectivity index (χ2n) is 4.47. The fourth-order valence-electron chi connectivity index (χ4n) is 1.56. The maximum atomic E-state index is 11.3. The highest BCUT2D eigenvalue weighted by Crippen LogP contribution is 2.24. The van der Waals surface area contributed by atoms with Crippen LogP contribution in [0.3, 0.4) is 0 Å². The number of carboxylic acids is 1. The molecule has 1 N–H and O–H groups in total. The van der Waals surface area contributed by atoms with Gasteiger partial charge >= 0.3 is 5.97 Å². The Kier molecular flexibility index (Phi) is 2.97. The quantitative estimate of drug-likeness (QED) is 0.823. The van der Waals surface area contributed by atoms with E-state index in [1.54, 1.807) is 13.1 Å². The highest BCUT2D eigenvalue weighted by molar-refractivity contribution is 5.76. The third-order valence-corrected chi connectivity index (χ3v) is 2.80. The summed E-state index contributed by atoms with van der Waals surface area (Å²) in [7, 11) is 3.23. The largest absolute Gasteiger partial charge is 0.481 e. The Labute approximate surface area is 108 Å². The van der Waals surface area contributed by atoms with E-state index in [0.717, 1.165) is 0 Å². The molecular formula is C10H14N6O3. The van der Waals surface area contributed by atoms with Gasteiger partial charge in [-0.25, -0.2) is 14.2 Å². The van der Waals surface area contributed by atoms with Crippen LogP contribution < -0.4 is 4.74 Å². The zero-order chi connectivity index (χ0) is 14.2. The van der Waals surface area contributed by atoms with E-state index < -0.39 is 11.5 Å². The van der Waals surface area contributed by atoms with Crippen LogP contribution in [0.1, 0.15) is 13.8 Å². The Morgan fingerprint density at radius 3 is 2.68 bits per heavy atom. The van der Waals surface area contributed by atoms with E-state index in [1.165, 1.54) is 30.3 Å². The SMILES string of the molecule is COc1cc(-c2nnnn2C(C)(C)C(=O)O)nn1C. The van der Waals surface area contributed by atoms with E-state index in [0.29, 0.717) is 11.6 Å². The van der Waals surface area contributed by atoms with Crippen LogP contribution in [0.25, 0.3) is 11.5 Å². The van der Waals surface area contributed by atoms with Gasteiger partial charge in [0.15, 0.2) is 5.54 Å². The monoisotopic (exact) mass is 266 g/mol. The second-order valence-corrected chi connectivity index (χ2v) is 4.47. The van der Waals surface area contributed by atoms with Crippen molar-refractivity contribution in [3.05, 3.63) is 6.07 Å². The number of aliphatic carboxylic acids is 1. The van der Waals surface area contributed by atoms with Crippen LogP contribution in [0.5, 0.6) is 5.88 Å². The Balaban J connectivity index is 2.53. The lowest BCUT2D eigenvalue weighted by Crippen LogP contribution is -2.37. The third kappa shape index (κ3) is 2.02. The highest BCUT2D eigenvalue weighted by atomic mass is 16.5. The Morgan fingerprint density at radius 1 is 1.47 bits per heavy atom. The molecule has 0 unspecified atom stereocenters. The van der Waals surface area contributed by atoms with Crippen LogP contribution in [0.2, 0.25) is 0 Å². The normalized spacial score (nSPS) is 11.6. The minimum atomic E-state index is -1.27. The van der Waals surface area contributed by atoms with Crippen LogP contribution in [0, 0.1) is 0 Å². The van der Waals surface area contributed by atoms with Crippen molar-refractivity contribution < 1.29 is 14.6 Å². The van der Waals surface area contributed by atoms with E-state index in [-0.39, 0.29) is 5.82 Å². The molecule has 102 valence electrons. The summed E-state index contributed by atoms with van der Waals surface area (Å²) in [4.78, 5) is 11.3. The summed E-state index contributed by atoms with van der Waals surface area (Å²) in [5.74, 6) is -0.243. The highest BCUT2D eigenvalue weighted by Gasteiger charge is 2.34. The van der Waals surface area contributed by atoms with Gasteiger partial charge in [0, 0.05) is 13.1 Å². The fourth-order valence-corrected chi connectivity index (χ4v) is 1.56. The lowest BCUT2D eigenvalue weighted by Gasteiger charge is -2.19. The number of methoxy groups -OCH3 is 1. The van der Waals surface area contributed by atoms with E-state index in [1.807, 2.05) is 0 Å². The summed E-state index contributed by atoms with van der Waals surface area (Å²) >= 11 is 0. The molecule has 9 heteroatoms. The summed E-state index contributed by atoms with van der Waals surface area (Å²) in [6, 6.07) is 1.64. The first-order chi connectivity index (χ1) is 8.87. The van der Waals surface area contributed by atoms with Crippen LogP contribution in [0.15, 0.2) is 6.07 Å². The summed E-state index contributed by atoms with van der Waals surface area (Å²) in [5, 5.41) is 24.5. The van der Waals surface area contributed by atoms with E-state index in [4.69, 9.17) is 4.74 Å². The number of carboxylic acid groups (broad SMARTS) is 1. The summed E-state index contributed by atoms with van der Waals surface area (Å²) in [6.45, 7) is 3.02. The number of ether oxygens (including phenoxy) is 1. The third-order valence-electron chi connectivity index (χ3n) is 2.80. The molecule has 2 heterocycles. The molecule has 0 bridgehead atoms. The first kappa shape index (κ1) is 13.0. The molecule has 2 aromatic rings. The minimum absolute atomic E-state index is 0.270. The molecule has 9 nitrogen and oxygen atoms in total. The molecule has 0 amide bonds. The minimum Gasteiger partial charge on any atom is -0.481 e. The zero-order valence-corrected chi connectivity index (χ0v) is 11.0. The predicted molar refractivity (Wildman–Crippen MR) is 63.5 cm³/mol. The molecule has 2 rings (SSSR count). The number of hydrogen-bond donors (Lipinski definition) is 1. The van der Waals surface area contributed by atoms with Gasteiger partial charge in [0.1, 0.15) is 5.69 Å². The van der Waals surface area contributed by atoms with Gasteiger partial charge in [-0.1, -0.05) is 0 Å². The number of carbonyl (C=O) groups is 1. The van der Waals surface area contributed by atoms with Gasteiger partial charge in [0.25, 0.3) is 0 Å². The Morgan fingerprint density at radius 2 is 2.16 bits per heavy atom. The molecule has 0 aromatic carbocycles. The zero-order valence-electron chi connectivity index (χ0n) is 11.0. The summed E-state index contributed by atoms with van der Waals surface area (Å²) in [6.07, 6.45) is 0. The van der Waals surface area contributed by atoms with Gasteiger partial charge in [-0.15, -0.1) is 5.10 Å². The van der Waals surface area contributed by atoms with Crippen molar-refractivity contribution in [3.8, 4) is 17.4 Å². The summed E-state index contributed by atoms with van der Waals surface area (Å²) < 4.78 is 7.84. The van der Waals surface area contributed by atoms with Crippen LogP contribution in [-0.4, -0.2) is 48.2 Å². The first-order valence-corrected chi connectivity index (χ1v) is 5.48. The van der Waals surface area contributed by atoms with Gasteiger partial charge in [0.05, 0.1) is 7.11 Å². The lowest BCUT2D eigenvalue weighted by atomic mass is 10.1. The van der Waals surface area contributed by atoms with Crippen molar-refractivity contribution in [2.75, 3.05) is 7.11 Å². The summed E-state index contributed by atoms with van der Waals surface area (Å²) in [5.41, 5.74) is -0.831. The standard InChI is InChI=1S/C10H14N6O3/c1-10(2,9(17)18)16-8(11-13-14-16)6-5-7(19-4)15(3)12-6/h5H,1-4H3,(H,17,18). The number of nitrogens with zero attached hydrogens (tertiary/aromatic N) is 6. The van der Waals surface area contributed by atoms with Crippen molar-refractivity contribution in [3.63, 3.8) is 0 Å². The van der Waals surface area contributed by atoms with E-state index in [9.17, 15) is 9.90 Å². The molecule has 0 atom stereocenters. The number of aromatic nitrogens is 6.